The van der Waals surface area contributed by atoms with Crippen molar-refractivity contribution in [3.05, 3.63) is 59.9 Å². The summed E-state index contributed by atoms with van der Waals surface area (Å²) in [5.74, 6) is -0.153. The quantitative estimate of drug-likeness (QED) is 0.882. The third kappa shape index (κ3) is 4.21. The Morgan fingerprint density at radius 3 is 2.45 bits per heavy atom. The Kier molecular flexibility index (Phi) is 4.65. The average molecular weight is 310 g/mol. The van der Waals surface area contributed by atoms with Gasteiger partial charge < -0.3 is 10.1 Å². The summed E-state index contributed by atoms with van der Waals surface area (Å²) in [6.45, 7) is 1.58. The molecule has 1 aromatic heterocycles. The third-order valence-corrected chi connectivity index (χ3v) is 2.75. The van der Waals surface area contributed by atoms with Crippen molar-refractivity contribution in [1.29, 1.82) is 0 Å². The molecule has 1 N–H and O–H groups in total. The van der Waals surface area contributed by atoms with E-state index in [0.29, 0.717) is 5.56 Å². The Morgan fingerprint density at radius 1 is 1.23 bits per heavy atom. The summed E-state index contributed by atoms with van der Waals surface area (Å²) in [6, 6.07) is 7.46. The third-order valence-electron chi connectivity index (χ3n) is 2.75. The van der Waals surface area contributed by atoms with Gasteiger partial charge >= 0.3 is 6.18 Å². The highest BCUT2D eigenvalue weighted by Crippen LogP contribution is 2.30. The molecule has 0 aliphatic heterocycles. The van der Waals surface area contributed by atoms with Crippen LogP contribution in [0.15, 0.2) is 48.8 Å². The molecule has 116 valence electrons. The van der Waals surface area contributed by atoms with E-state index in [2.05, 4.69) is 10.3 Å². The van der Waals surface area contributed by atoms with E-state index in [0.717, 1.165) is 12.1 Å². The first-order chi connectivity index (χ1) is 10.4. The monoisotopic (exact) mass is 310 g/mol. The zero-order chi connectivity index (χ0) is 16.2. The highest BCUT2D eigenvalue weighted by Gasteiger charge is 2.30. The molecule has 22 heavy (non-hydrogen) atoms. The van der Waals surface area contributed by atoms with Crippen LogP contribution in [0, 0.1) is 0 Å². The number of hydrogen-bond donors (Lipinski definition) is 1. The van der Waals surface area contributed by atoms with Crippen LogP contribution >= 0.6 is 0 Å². The van der Waals surface area contributed by atoms with Gasteiger partial charge in [0.05, 0.1) is 11.1 Å². The number of ether oxygens (including phenoxy) is 1. The molecule has 1 aromatic carbocycles. The van der Waals surface area contributed by atoms with Crippen molar-refractivity contribution in [1.82, 2.24) is 10.3 Å². The van der Waals surface area contributed by atoms with Crippen molar-refractivity contribution in [3.8, 4) is 5.75 Å². The van der Waals surface area contributed by atoms with Gasteiger partial charge in [0, 0.05) is 12.4 Å². The average Bonchev–Trinajstić information content (AvgIpc) is 2.47. The number of carbonyl (C=O) groups is 1. The molecule has 0 spiro atoms. The highest BCUT2D eigenvalue weighted by atomic mass is 19.4. The summed E-state index contributed by atoms with van der Waals surface area (Å²) in [5, 5.41) is 2.57. The number of carbonyl (C=O) groups excluding carboxylic acids is 1. The lowest BCUT2D eigenvalue weighted by molar-refractivity contribution is -0.137. The van der Waals surface area contributed by atoms with Gasteiger partial charge in [0.25, 0.3) is 5.91 Å². The van der Waals surface area contributed by atoms with Gasteiger partial charge in [-0.1, -0.05) is 0 Å². The fourth-order valence-corrected chi connectivity index (χ4v) is 1.72. The Labute approximate surface area is 124 Å². The van der Waals surface area contributed by atoms with Crippen LogP contribution in [0.2, 0.25) is 0 Å². The van der Waals surface area contributed by atoms with Crippen molar-refractivity contribution in [2.24, 2.45) is 0 Å². The van der Waals surface area contributed by atoms with Gasteiger partial charge in [-0.05, 0) is 43.3 Å². The Balaban J connectivity index is 1.95. The first-order valence-electron chi connectivity index (χ1n) is 6.41. The van der Waals surface area contributed by atoms with Crippen molar-refractivity contribution >= 4 is 5.91 Å². The van der Waals surface area contributed by atoms with Gasteiger partial charge in [-0.15, -0.1) is 0 Å². The molecule has 1 atom stereocenters. The Morgan fingerprint density at radius 2 is 1.91 bits per heavy atom. The molecule has 0 bridgehead atoms. The molecule has 0 saturated heterocycles. The number of aromatic nitrogens is 1. The predicted octanol–water partition coefficient (Wildman–Crippen LogP) is 3.26. The number of pyridine rings is 1. The second-order valence-corrected chi connectivity index (χ2v) is 4.50. The lowest BCUT2D eigenvalue weighted by Gasteiger charge is -2.16. The van der Waals surface area contributed by atoms with Gasteiger partial charge in [0.1, 0.15) is 5.75 Å². The molecule has 0 fully saturated rings. The van der Waals surface area contributed by atoms with Crippen molar-refractivity contribution in [2.75, 3.05) is 0 Å². The van der Waals surface area contributed by atoms with Crippen LogP contribution in [0.5, 0.6) is 5.75 Å². The minimum Gasteiger partial charge on any atom is -0.471 e. The van der Waals surface area contributed by atoms with E-state index in [1.54, 1.807) is 25.3 Å². The van der Waals surface area contributed by atoms with E-state index in [9.17, 15) is 18.0 Å². The second kappa shape index (κ2) is 6.46. The second-order valence-electron chi connectivity index (χ2n) is 4.50. The largest absolute Gasteiger partial charge is 0.471 e. The summed E-state index contributed by atoms with van der Waals surface area (Å²) in [7, 11) is 0. The molecular formula is C15H13F3N2O2. The molecule has 2 rings (SSSR count). The van der Waals surface area contributed by atoms with Gasteiger partial charge in [-0.3, -0.25) is 9.78 Å². The maximum absolute atomic E-state index is 12.4. The summed E-state index contributed by atoms with van der Waals surface area (Å²) < 4.78 is 42.7. The summed E-state index contributed by atoms with van der Waals surface area (Å²) >= 11 is 0. The highest BCUT2D eigenvalue weighted by molar-refractivity contribution is 5.93. The smallest absolute Gasteiger partial charge is 0.416 e. The molecule has 4 nitrogen and oxygen atoms in total. The zero-order valence-corrected chi connectivity index (χ0v) is 11.6. The van der Waals surface area contributed by atoms with Gasteiger partial charge in [0.2, 0.25) is 0 Å². The molecule has 1 heterocycles. The fourth-order valence-electron chi connectivity index (χ4n) is 1.72. The number of nitrogens with one attached hydrogen (secondary N) is 1. The molecule has 0 aliphatic rings. The number of halogens is 3. The SMILES string of the molecule is CC(NC(=O)c1cccnc1)Oc1ccc(C(F)(F)F)cc1. The van der Waals surface area contributed by atoms with E-state index < -0.39 is 18.0 Å². The molecule has 1 unspecified atom stereocenters. The number of amides is 1. The van der Waals surface area contributed by atoms with Crippen LogP contribution in [0.4, 0.5) is 13.2 Å². The lowest BCUT2D eigenvalue weighted by Crippen LogP contribution is -2.36. The van der Waals surface area contributed by atoms with Gasteiger partial charge in [-0.2, -0.15) is 13.2 Å². The molecule has 2 aromatic rings. The van der Waals surface area contributed by atoms with E-state index in [4.69, 9.17) is 4.74 Å². The fraction of sp³-hybridized carbons (Fsp3) is 0.200. The van der Waals surface area contributed by atoms with Crippen LogP contribution in [0.1, 0.15) is 22.8 Å². The zero-order valence-electron chi connectivity index (χ0n) is 11.6. The van der Waals surface area contributed by atoms with Crippen LogP contribution < -0.4 is 10.1 Å². The number of rotatable bonds is 4. The first-order valence-corrected chi connectivity index (χ1v) is 6.41. The van der Waals surface area contributed by atoms with Crippen molar-refractivity contribution in [3.63, 3.8) is 0 Å². The molecule has 0 radical (unpaired) electrons. The minimum atomic E-state index is -4.39. The summed E-state index contributed by atoms with van der Waals surface area (Å²) in [5.41, 5.74) is -0.391. The Bertz CT molecular complexity index is 627. The molecule has 1 amide bonds. The number of hydrogen-bond acceptors (Lipinski definition) is 3. The molecule has 7 heteroatoms. The van der Waals surface area contributed by atoms with Crippen LogP contribution in [-0.2, 0) is 6.18 Å². The van der Waals surface area contributed by atoms with E-state index in [1.807, 2.05) is 0 Å². The van der Waals surface area contributed by atoms with Crippen molar-refractivity contribution in [2.45, 2.75) is 19.3 Å². The van der Waals surface area contributed by atoms with Crippen LogP contribution in [-0.4, -0.2) is 17.1 Å². The number of benzene rings is 1. The van der Waals surface area contributed by atoms with E-state index in [-0.39, 0.29) is 11.7 Å². The summed E-state index contributed by atoms with van der Waals surface area (Å²) in [6.07, 6.45) is -2.15. The van der Waals surface area contributed by atoms with Crippen molar-refractivity contribution < 1.29 is 22.7 Å². The van der Waals surface area contributed by atoms with Gasteiger partial charge in [0.15, 0.2) is 6.23 Å². The maximum Gasteiger partial charge on any atom is 0.416 e. The topological polar surface area (TPSA) is 51.2 Å². The standard InChI is InChI=1S/C15H13F3N2O2/c1-10(20-14(21)11-3-2-8-19-9-11)22-13-6-4-12(5-7-13)15(16,17)18/h2-10H,1H3,(H,20,21). The molecular weight excluding hydrogens is 297 g/mol. The van der Waals surface area contributed by atoms with Gasteiger partial charge in [-0.25, -0.2) is 0 Å². The van der Waals surface area contributed by atoms with E-state index in [1.165, 1.54) is 18.3 Å². The molecule has 0 saturated carbocycles. The summed E-state index contributed by atoms with van der Waals surface area (Å²) in [4.78, 5) is 15.7. The first kappa shape index (κ1) is 15.8. The Hall–Kier alpha value is -2.57. The lowest BCUT2D eigenvalue weighted by atomic mass is 10.2. The number of nitrogens with zero attached hydrogens (tertiary/aromatic N) is 1. The van der Waals surface area contributed by atoms with E-state index >= 15 is 0 Å². The normalized spacial score (nSPS) is 12.5. The molecule has 0 aliphatic carbocycles. The maximum atomic E-state index is 12.4. The minimum absolute atomic E-state index is 0.229. The predicted molar refractivity (Wildman–Crippen MR) is 73.2 cm³/mol. The van der Waals surface area contributed by atoms with Crippen LogP contribution in [0.3, 0.4) is 0 Å². The number of alkyl halides is 3. The van der Waals surface area contributed by atoms with Crippen LogP contribution in [0.25, 0.3) is 0 Å².